The first kappa shape index (κ1) is 18.6. The molecule has 3 rings (SSSR count). The number of rotatable bonds is 7. The standard InChI is InChI=1S/C21H23N5O/c1-25(2)15-16-6-4-7-18(14-16)20-23-21(26(24-20)13-5-12-22)17-8-10-19(27-3)11-9-17/h4,6-11,14H,5,13,15H2,1-3H3. The van der Waals surface area contributed by atoms with Gasteiger partial charge in [-0.05, 0) is 50.0 Å². The zero-order valence-corrected chi connectivity index (χ0v) is 15.9. The van der Waals surface area contributed by atoms with Gasteiger partial charge in [0.2, 0.25) is 0 Å². The Kier molecular flexibility index (Phi) is 5.84. The highest BCUT2D eigenvalue weighted by Gasteiger charge is 2.14. The molecule has 0 fully saturated rings. The van der Waals surface area contributed by atoms with Crippen LogP contribution in [0, 0.1) is 11.3 Å². The van der Waals surface area contributed by atoms with Crippen molar-refractivity contribution >= 4 is 0 Å². The van der Waals surface area contributed by atoms with Crippen LogP contribution in [0.4, 0.5) is 0 Å². The third-order valence-electron chi connectivity index (χ3n) is 4.14. The van der Waals surface area contributed by atoms with E-state index in [1.54, 1.807) is 11.8 Å². The van der Waals surface area contributed by atoms with Crippen molar-refractivity contribution in [1.29, 1.82) is 5.26 Å². The van der Waals surface area contributed by atoms with Gasteiger partial charge in [-0.25, -0.2) is 9.67 Å². The summed E-state index contributed by atoms with van der Waals surface area (Å²) in [6, 6.07) is 18.1. The molecule has 27 heavy (non-hydrogen) atoms. The Morgan fingerprint density at radius 3 is 2.56 bits per heavy atom. The molecule has 0 spiro atoms. The van der Waals surface area contributed by atoms with Crippen LogP contribution in [0.2, 0.25) is 0 Å². The van der Waals surface area contributed by atoms with Crippen LogP contribution in [0.5, 0.6) is 5.75 Å². The summed E-state index contributed by atoms with van der Waals surface area (Å²) in [6.07, 6.45) is 0.382. The number of methoxy groups -OCH3 is 1. The van der Waals surface area contributed by atoms with Crippen molar-refractivity contribution < 1.29 is 4.74 Å². The lowest BCUT2D eigenvalue weighted by Crippen LogP contribution is -2.10. The van der Waals surface area contributed by atoms with E-state index in [4.69, 9.17) is 15.0 Å². The van der Waals surface area contributed by atoms with Crippen LogP contribution < -0.4 is 4.74 Å². The van der Waals surface area contributed by atoms with E-state index >= 15 is 0 Å². The molecule has 0 bridgehead atoms. The van der Waals surface area contributed by atoms with E-state index in [0.717, 1.165) is 29.2 Å². The third-order valence-corrected chi connectivity index (χ3v) is 4.14. The molecule has 2 aromatic carbocycles. The molecule has 3 aromatic rings. The average molecular weight is 361 g/mol. The lowest BCUT2D eigenvalue weighted by atomic mass is 10.1. The molecule has 6 nitrogen and oxygen atoms in total. The van der Waals surface area contributed by atoms with Crippen LogP contribution >= 0.6 is 0 Å². The molecule has 0 unspecified atom stereocenters. The first-order valence-corrected chi connectivity index (χ1v) is 8.81. The predicted molar refractivity (Wildman–Crippen MR) is 105 cm³/mol. The molecule has 0 aliphatic rings. The maximum absolute atomic E-state index is 8.97. The van der Waals surface area contributed by atoms with Crippen LogP contribution in [-0.4, -0.2) is 40.9 Å². The summed E-state index contributed by atoms with van der Waals surface area (Å²) in [4.78, 5) is 6.89. The fourth-order valence-corrected chi connectivity index (χ4v) is 2.90. The van der Waals surface area contributed by atoms with Gasteiger partial charge in [-0.2, -0.15) is 10.4 Å². The van der Waals surface area contributed by atoms with Crippen molar-refractivity contribution in [3.63, 3.8) is 0 Å². The SMILES string of the molecule is COc1ccc(-c2nc(-c3cccc(CN(C)C)c3)nn2CCC#N)cc1. The Morgan fingerprint density at radius 2 is 1.89 bits per heavy atom. The number of nitrogens with zero attached hydrogens (tertiary/aromatic N) is 5. The van der Waals surface area contributed by atoms with Crippen LogP contribution in [0.3, 0.4) is 0 Å². The molecule has 0 aliphatic carbocycles. The Hall–Kier alpha value is -3.17. The molecule has 1 heterocycles. The van der Waals surface area contributed by atoms with Crippen molar-refractivity contribution in [2.75, 3.05) is 21.2 Å². The number of hydrogen-bond acceptors (Lipinski definition) is 5. The van der Waals surface area contributed by atoms with Crippen molar-refractivity contribution in [3.8, 4) is 34.6 Å². The number of aryl methyl sites for hydroxylation is 1. The van der Waals surface area contributed by atoms with E-state index < -0.39 is 0 Å². The molecule has 1 aromatic heterocycles. The molecule has 0 saturated heterocycles. The zero-order chi connectivity index (χ0) is 19.2. The van der Waals surface area contributed by atoms with E-state index in [-0.39, 0.29) is 0 Å². The van der Waals surface area contributed by atoms with Gasteiger partial charge < -0.3 is 9.64 Å². The van der Waals surface area contributed by atoms with Gasteiger partial charge in [0, 0.05) is 17.7 Å². The summed E-state index contributed by atoms with van der Waals surface area (Å²) in [5.41, 5.74) is 3.12. The fourth-order valence-electron chi connectivity index (χ4n) is 2.90. The Bertz CT molecular complexity index is 938. The van der Waals surface area contributed by atoms with Crippen LogP contribution in [0.25, 0.3) is 22.8 Å². The molecule has 138 valence electrons. The average Bonchev–Trinajstić information content (AvgIpc) is 3.10. The number of aromatic nitrogens is 3. The minimum atomic E-state index is 0.382. The van der Waals surface area contributed by atoms with Gasteiger partial charge in [-0.3, -0.25) is 0 Å². The number of benzene rings is 2. The molecule has 0 saturated carbocycles. The van der Waals surface area contributed by atoms with Crippen molar-refractivity contribution in [3.05, 3.63) is 54.1 Å². The minimum absolute atomic E-state index is 0.382. The largest absolute Gasteiger partial charge is 0.497 e. The van der Waals surface area contributed by atoms with E-state index in [0.29, 0.717) is 18.8 Å². The summed E-state index contributed by atoms with van der Waals surface area (Å²) in [5, 5.41) is 13.6. The van der Waals surface area contributed by atoms with Gasteiger partial charge >= 0.3 is 0 Å². The second-order valence-corrected chi connectivity index (χ2v) is 6.56. The summed E-state index contributed by atoms with van der Waals surface area (Å²) >= 11 is 0. The molecule has 0 radical (unpaired) electrons. The quantitative estimate of drug-likeness (QED) is 0.643. The first-order valence-electron chi connectivity index (χ1n) is 8.81. The first-order chi connectivity index (χ1) is 13.1. The van der Waals surface area contributed by atoms with Gasteiger partial charge in [-0.15, -0.1) is 0 Å². The van der Waals surface area contributed by atoms with Crippen LogP contribution in [-0.2, 0) is 13.1 Å². The minimum Gasteiger partial charge on any atom is -0.497 e. The highest BCUT2D eigenvalue weighted by Crippen LogP contribution is 2.25. The summed E-state index contributed by atoms with van der Waals surface area (Å²) in [5.74, 6) is 2.21. The lowest BCUT2D eigenvalue weighted by Gasteiger charge is -2.09. The highest BCUT2D eigenvalue weighted by molar-refractivity contribution is 5.62. The lowest BCUT2D eigenvalue weighted by molar-refractivity contribution is 0.402. The summed E-state index contributed by atoms with van der Waals surface area (Å²) < 4.78 is 7.03. The van der Waals surface area contributed by atoms with E-state index in [1.165, 1.54) is 5.56 Å². The molecule has 0 amide bonds. The van der Waals surface area contributed by atoms with Gasteiger partial charge in [0.25, 0.3) is 0 Å². The van der Waals surface area contributed by atoms with Crippen LogP contribution in [0.15, 0.2) is 48.5 Å². The maximum atomic E-state index is 8.97. The Balaban J connectivity index is 1.99. The number of nitriles is 1. The highest BCUT2D eigenvalue weighted by atomic mass is 16.5. The van der Waals surface area contributed by atoms with Crippen LogP contribution in [0.1, 0.15) is 12.0 Å². The van der Waals surface area contributed by atoms with E-state index in [2.05, 4.69) is 28.2 Å². The normalized spacial score (nSPS) is 10.8. The second-order valence-electron chi connectivity index (χ2n) is 6.56. The van der Waals surface area contributed by atoms with Gasteiger partial charge in [0.15, 0.2) is 11.6 Å². The predicted octanol–water partition coefficient (Wildman–Crippen LogP) is 3.60. The summed E-state index contributed by atoms with van der Waals surface area (Å²) in [7, 11) is 5.73. The molecular weight excluding hydrogens is 338 g/mol. The Labute approximate surface area is 159 Å². The van der Waals surface area contributed by atoms with E-state index in [9.17, 15) is 0 Å². The van der Waals surface area contributed by atoms with Gasteiger partial charge in [0.05, 0.1) is 26.1 Å². The molecule has 0 N–H and O–H groups in total. The van der Waals surface area contributed by atoms with Gasteiger partial charge in [0.1, 0.15) is 5.75 Å². The topological polar surface area (TPSA) is 67.0 Å². The smallest absolute Gasteiger partial charge is 0.181 e. The molecule has 0 atom stereocenters. The second kappa shape index (κ2) is 8.47. The monoisotopic (exact) mass is 361 g/mol. The molecular formula is C21H23N5O. The number of hydrogen-bond donors (Lipinski definition) is 0. The fraction of sp³-hybridized carbons (Fsp3) is 0.286. The van der Waals surface area contributed by atoms with Gasteiger partial charge in [-0.1, -0.05) is 18.2 Å². The van der Waals surface area contributed by atoms with Crippen molar-refractivity contribution in [1.82, 2.24) is 19.7 Å². The maximum Gasteiger partial charge on any atom is 0.181 e. The summed E-state index contributed by atoms with van der Waals surface area (Å²) in [6.45, 7) is 1.36. The molecule has 6 heteroatoms. The molecule has 0 aliphatic heterocycles. The third kappa shape index (κ3) is 4.52. The number of ether oxygens (including phenoxy) is 1. The Morgan fingerprint density at radius 1 is 1.11 bits per heavy atom. The zero-order valence-electron chi connectivity index (χ0n) is 15.9. The van der Waals surface area contributed by atoms with Crippen molar-refractivity contribution in [2.45, 2.75) is 19.5 Å². The van der Waals surface area contributed by atoms with Crippen molar-refractivity contribution in [2.24, 2.45) is 0 Å². The van der Waals surface area contributed by atoms with E-state index in [1.807, 2.05) is 50.5 Å².